The number of thiazole rings is 1. The van der Waals surface area contributed by atoms with E-state index in [1.165, 1.54) is 28.6 Å². The van der Waals surface area contributed by atoms with Gasteiger partial charge >= 0.3 is 0 Å². The lowest BCUT2D eigenvalue weighted by molar-refractivity contribution is -0.385. The summed E-state index contributed by atoms with van der Waals surface area (Å²) in [4.78, 5) is 27.5. The lowest BCUT2D eigenvalue weighted by Gasteiger charge is -2.25. The molecular formula is C18H15ClN4O6S2. The van der Waals surface area contributed by atoms with Gasteiger partial charge in [0.1, 0.15) is 5.56 Å². The summed E-state index contributed by atoms with van der Waals surface area (Å²) >= 11 is 6.93. The molecule has 1 aromatic heterocycles. The highest BCUT2D eigenvalue weighted by Gasteiger charge is 2.27. The quantitative estimate of drug-likeness (QED) is 0.436. The number of fused-ring (bicyclic) bond motifs is 1. The van der Waals surface area contributed by atoms with Crippen molar-refractivity contribution >= 4 is 59.9 Å². The predicted octanol–water partition coefficient (Wildman–Crippen LogP) is 3.13. The van der Waals surface area contributed by atoms with Crippen LogP contribution in [0.25, 0.3) is 10.2 Å². The van der Waals surface area contributed by atoms with Crippen LogP contribution in [0.2, 0.25) is 5.02 Å². The van der Waals surface area contributed by atoms with Crippen LogP contribution in [-0.4, -0.2) is 54.8 Å². The van der Waals surface area contributed by atoms with E-state index >= 15 is 0 Å². The topological polar surface area (TPSA) is 132 Å². The highest BCUT2D eigenvalue weighted by molar-refractivity contribution is 7.89. The highest BCUT2D eigenvalue weighted by atomic mass is 35.5. The Bertz CT molecular complexity index is 1290. The molecule has 13 heteroatoms. The van der Waals surface area contributed by atoms with Gasteiger partial charge in [0.25, 0.3) is 11.6 Å². The van der Waals surface area contributed by atoms with Crippen LogP contribution in [0, 0.1) is 10.1 Å². The van der Waals surface area contributed by atoms with Crippen molar-refractivity contribution in [3.05, 3.63) is 57.1 Å². The maximum atomic E-state index is 12.8. The number of carbonyl (C=O) groups excluding carboxylic acids is 1. The number of anilines is 1. The Hall–Kier alpha value is -2.64. The molecule has 1 N–H and O–H groups in total. The minimum atomic E-state index is -3.67. The molecule has 0 saturated carbocycles. The average Bonchev–Trinajstić information content (AvgIpc) is 3.15. The van der Waals surface area contributed by atoms with Crippen molar-refractivity contribution < 1.29 is 22.9 Å². The first-order chi connectivity index (χ1) is 14.8. The molecule has 2 heterocycles. The largest absolute Gasteiger partial charge is 0.379 e. The Morgan fingerprint density at radius 1 is 1.23 bits per heavy atom. The summed E-state index contributed by atoms with van der Waals surface area (Å²) in [5.74, 6) is -0.741. The fourth-order valence-electron chi connectivity index (χ4n) is 3.07. The van der Waals surface area contributed by atoms with Gasteiger partial charge in [-0.05, 0) is 30.3 Å². The zero-order valence-corrected chi connectivity index (χ0v) is 18.2. The second kappa shape index (κ2) is 8.48. The van der Waals surface area contributed by atoms with Gasteiger partial charge in [-0.25, -0.2) is 13.4 Å². The van der Waals surface area contributed by atoms with Crippen molar-refractivity contribution in [3.63, 3.8) is 0 Å². The van der Waals surface area contributed by atoms with Crippen molar-refractivity contribution in [1.82, 2.24) is 9.29 Å². The molecule has 1 amide bonds. The van der Waals surface area contributed by atoms with Crippen LogP contribution < -0.4 is 5.32 Å². The summed E-state index contributed by atoms with van der Waals surface area (Å²) in [6.45, 7) is 1.24. The van der Waals surface area contributed by atoms with E-state index in [4.69, 9.17) is 16.3 Å². The first-order valence-electron chi connectivity index (χ1n) is 8.99. The Morgan fingerprint density at radius 2 is 1.97 bits per heavy atom. The molecule has 10 nitrogen and oxygen atoms in total. The number of sulfonamides is 1. The zero-order chi connectivity index (χ0) is 22.2. The Kier molecular flexibility index (Phi) is 5.90. The molecule has 0 atom stereocenters. The molecule has 31 heavy (non-hydrogen) atoms. The van der Waals surface area contributed by atoms with Gasteiger partial charge in [-0.3, -0.25) is 20.2 Å². The van der Waals surface area contributed by atoms with Crippen LogP contribution in [0.1, 0.15) is 10.4 Å². The number of amides is 1. The minimum Gasteiger partial charge on any atom is -0.379 e. The number of rotatable bonds is 5. The summed E-state index contributed by atoms with van der Waals surface area (Å²) in [5.41, 5.74) is -0.101. The maximum Gasteiger partial charge on any atom is 0.282 e. The molecule has 0 unspecified atom stereocenters. The second-order valence-electron chi connectivity index (χ2n) is 6.54. The molecule has 0 radical (unpaired) electrons. The predicted molar refractivity (Wildman–Crippen MR) is 115 cm³/mol. The highest BCUT2D eigenvalue weighted by Crippen LogP contribution is 2.31. The number of hydrogen-bond donors (Lipinski definition) is 1. The third-order valence-corrected chi connectivity index (χ3v) is 7.65. The molecule has 4 rings (SSSR count). The number of benzene rings is 2. The van der Waals surface area contributed by atoms with Crippen LogP contribution in [0.5, 0.6) is 0 Å². The van der Waals surface area contributed by atoms with Crippen LogP contribution >= 0.6 is 22.9 Å². The van der Waals surface area contributed by atoms with Crippen LogP contribution in [-0.2, 0) is 14.8 Å². The number of nitrogens with one attached hydrogen (secondary N) is 1. The molecule has 0 spiro atoms. The minimum absolute atomic E-state index is 0.119. The number of aromatic nitrogens is 1. The summed E-state index contributed by atoms with van der Waals surface area (Å²) in [6, 6.07) is 8.19. The number of ether oxygens (including phenoxy) is 1. The number of morpholine rings is 1. The first-order valence-corrected chi connectivity index (χ1v) is 11.6. The average molecular weight is 483 g/mol. The van der Waals surface area contributed by atoms with Crippen molar-refractivity contribution in [2.24, 2.45) is 0 Å². The van der Waals surface area contributed by atoms with Gasteiger partial charge in [-0.2, -0.15) is 4.31 Å². The van der Waals surface area contributed by atoms with E-state index in [0.29, 0.717) is 23.4 Å². The lowest BCUT2D eigenvalue weighted by atomic mass is 10.1. The smallest absolute Gasteiger partial charge is 0.282 e. The second-order valence-corrected chi connectivity index (χ2v) is 9.94. The fourth-order valence-corrected chi connectivity index (χ4v) is 5.65. The monoisotopic (exact) mass is 482 g/mol. The van der Waals surface area contributed by atoms with Gasteiger partial charge < -0.3 is 4.74 Å². The summed E-state index contributed by atoms with van der Waals surface area (Å²) < 4.78 is 32.8. The van der Waals surface area contributed by atoms with E-state index in [-0.39, 0.29) is 39.4 Å². The molecule has 0 aliphatic carbocycles. The standard InChI is InChI=1S/C18H15ClN4O6S2/c19-11-1-4-15(23(25)26)13(9-11)17(24)21-18-20-14-3-2-12(10-16(14)30-18)31(27,28)22-5-7-29-8-6-22/h1-4,9-10H,5-8H2,(H,20,21,24). The van der Waals surface area contributed by atoms with Crippen molar-refractivity contribution in [1.29, 1.82) is 0 Å². The number of hydrogen-bond acceptors (Lipinski definition) is 8. The van der Waals surface area contributed by atoms with Crippen LogP contribution in [0.4, 0.5) is 10.8 Å². The van der Waals surface area contributed by atoms with Crippen LogP contribution in [0.3, 0.4) is 0 Å². The Balaban J connectivity index is 1.61. The summed E-state index contributed by atoms with van der Waals surface area (Å²) in [7, 11) is -3.67. The van der Waals surface area contributed by atoms with E-state index in [9.17, 15) is 23.3 Å². The number of carbonyl (C=O) groups is 1. The molecule has 2 aromatic carbocycles. The van der Waals surface area contributed by atoms with Gasteiger partial charge in [0.15, 0.2) is 5.13 Å². The number of halogens is 1. The number of nitro benzene ring substituents is 1. The lowest BCUT2D eigenvalue weighted by Crippen LogP contribution is -2.40. The molecule has 1 saturated heterocycles. The van der Waals surface area contributed by atoms with E-state index in [1.807, 2.05) is 0 Å². The van der Waals surface area contributed by atoms with Gasteiger partial charge in [0.2, 0.25) is 10.0 Å². The third kappa shape index (κ3) is 4.38. The third-order valence-electron chi connectivity index (χ3n) is 4.59. The maximum absolute atomic E-state index is 12.8. The number of nitrogens with zero attached hydrogens (tertiary/aromatic N) is 3. The van der Waals surface area contributed by atoms with Gasteiger partial charge in [-0.15, -0.1) is 0 Å². The van der Waals surface area contributed by atoms with E-state index in [1.54, 1.807) is 6.07 Å². The van der Waals surface area contributed by atoms with E-state index < -0.39 is 20.9 Å². The molecule has 0 bridgehead atoms. The number of nitro groups is 1. The van der Waals surface area contributed by atoms with Crippen LogP contribution in [0.15, 0.2) is 41.3 Å². The zero-order valence-electron chi connectivity index (χ0n) is 15.8. The van der Waals surface area contributed by atoms with Gasteiger partial charge in [0.05, 0.1) is 33.2 Å². The Labute approximate surface area is 185 Å². The molecule has 162 valence electrons. The molecular weight excluding hydrogens is 468 g/mol. The Morgan fingerprint density at radius 3 is 2.68 bits per heavy atom. The molecule has 1 aliphatic rings. The van der Waals surface area contributed by atoms with Crippen molar-refractivity contribution in [2.45, 2.75) is 4.90 Å². The normalized spacial score (nSPS) is 15.1. The molecule has 1 fully saturated rings. The SMILES string of the molecule is O=C(Nc1nc2ccc(S(=O)(=O)N3CCOCC3)cc2s1)c1cc(Cl)ccc1[N+](=O)[O-]. The first kappa shape index (κ1) is 21.6. The van der Waals surface area contributed by atoms with E-state index in [2.05, 4.69) is 10.3 Å². The molecule has 1 aliphatic heterocycles. The summed E-state index contributed by atoms with van der Waals surface area (Å²) in [5, 5.41) is 14.1. The van der Waals surface area contributed by atoms with Crippen molar-refractivity contribution in [2.75, 3.05) is 31.6 Å². The fraction of sp³-hybridized carbons (Fsp3) is 0.222. The van der Waals surface area contributed by atoms with Crippen molar-refractivity contribution in [3.8, 4) is 0 Å². The van der Waals surface area contributed by atoms with E-state index in [0.717, 1.165) is 17.4 Å². The summed E-state index contributed by atoms with van der Waals surface area (Å²) in [6.07, 6.45) is 0. The van der Waals surface area contributed by atoms with Gasteiger partial charge in [-0.1, -0.05) is 22.9 Å². The molecule has 3 aromatic rings. The van der Waals surface area contributed by atoms with Gasteiger partial charge in [0, 0.05) is 24.2 Å².